The number of halogens is 1. The van der Waals surface area contributed by atoms with Gasteiger partial charge in [-0.3, -0.25) is 9.69 Å². The van der Waals surface area contributed by atoms with Gasteiger partial charge in [0.05, 0.1) is 0 Å². The highest BCUT2D eigenvalue weighted by molar-refractivity contribution is 5.76. The average molecular weight is 304 g/mol. The van der Waals surface area contributed by atoms with Gasteiger partial charge in [0, 0.05) is 32.1 Å². The van der Waals surface area contributed by atoms with Crippen LogP contribution in [0, 0.1) is 5.82 Å². The molecule has 0 bridgehead atoms. The number of nitrogens with zero attached hydrogens (tertiary/aromatic N) is 2. The molecule has 0 radical (unpaired) electrons. The van der Waals surface area contributed by atoms with Crippen molar-refractivity contribution in [3.63, 3.8) is 0 Å². The largest absolute Gasteiger partial charge is 0.343 e. The van der Waals surface area contributed by atoms with Crippen molar-refractivity contribution >= 4 is 5.91 Å². The van der Waals surface area contributed by atoms with Gasteiger partial charge in [0.2, 0.25) is 5.91 Å². The summed E-state index contributed by atoms with van der Waals surface area (Å²) >= 11 is 0. The monoisotopic (exact) mass is 304 g/mol. The Labute approximate surface area is 132 Å². The van der Waals surface area contributed by atoms with E-state index < -0.39 is 0 Å². The van der Waals surface area contributed by atoms with Gasteiger partial charge < -0.3 is 4.90 Å². The van der Waals surface area contributed by atoms with Crippen LogP contribution >= 0.6 is 0 Å². The second kappa shape index (κ2) is 7.23. The molecule has 1 atom stereocenters. The van der Waals surface area contributed by atoms with Crippen molar-refractivity contribution in [1.29, 1.82) is 0 Å². The summed E-state index contributed by atoms with van der Waals surface area (Å²) in [6, 6.07) is 7.19. The van der Waals surface area contributed by atoms with Crippen LogP contribution in [0.4, 0.5) is 4.39 Å². The number of benzene rings is 1. The van der Waals surface area contributed by atoms with Crippen LogP contribution in [0.25, 0.3) is 0 Å². The maximum absolute atomic E-state index is 13.1. The zero-order valence-electron chi connectivity index (χ0n) is 13.1. The fourth-order valence-corrected chi connectivity index (χ4v) is 3.68. The standard InChI is InChI=1S/C18H25FN2O/c19-16-8-6-15(7-9-16)17-5-1-2-11-20(17)14-10-18(22)21-12-3-4-13-21/h6-9,17H,1-5,10-14H2. The Kier molecular flexibility index (Phi) is 5.08. The van der Waals surface area contributed by atoms with Gasteiger partial charge in [-0.25, -0.2) is 4.39 Å². The van der Waals surface area contributed by atoms with Gasteiger partial charge in [0.15, 0.2) is 0 Å². The number of hydrogen-bond donors (Lipinski definition) is 0. The molecule has 0 spiro atoms. The third-order valence-corrected chi connectivity index (χ3v) is 4.94. The first-order chi connectivity index (χ1) is 10.7. The van der Waals surface area contributed by atoms with Crippen molar-refractivity contribution in [2.45, 2.75) is 44.6 Å². The Hall–Kier alpha value is -1.42. The normalized spacial score (nSPS) is 23.0. The molecule has 2 fully saturated rings. The van der Waals surface area contributed by atoms with Gasteiger partial charge >= 0.3 is 0 Å². The summed E-state index contributed by atoms with van der Waals surface area (Å²) in [5, 5.41) is 0. The zero-order chi connectivity index (χ0) is 15.4. The van der Waals surface area contributed by atoms with E-state index in [4.69, 9.17) is 0 Å². The van der Waals surface area contributed by atoms with Gasteiger partial charge in [-0.2, -0.15) is 0 Å². The number of hydrogen-bond acceptors (Lipinski definition) is 2. The molecular formula is C18H25FN2O. The molecule has 0 N–H and O–H groups in total. The van der Waals surface area contributed by atoms with Gasteiger partial charge in [0.25, 0.3) is 0 Å². The van der Waals surface area contributed by atoms with Crippen LogP contribution in [-0.2, 0) is 4.79 Å². The smallest absolute Gasteiger partial charge is 0.223 e. The molecule has 2 aliphatic heterocycles. The summed E-state index contributed by atoms with van der Waals surface area (Å²) in [5.74, 6) is 0.108. The van der Waals surface area contributed by atoms with E-state index >= 15 is 0 Å². The Morgan fingerprint density at radius 1 is 1.05 bits per heavy atom. The lowest BCUT2D eigenvalue weighted by atomic mass is 9.95. The Morgan fingerprint density at radius 3 is 2.45 bits per heavy atom. The van der Waals surface area contributed by atoms with Crippen molar-refractivity contribution in [3.05, 3.63) is 35.6 Å². The average Bonchev–Trinajstić information content (AvgIpc) is 3.08. The molecule has 0 saturated carbocycles. The molecule has 1 unspecified atom stereocenters. The van der Waals surface area contributed by atoms with E-state index in [9.17, 15) is 9.18 Å². The van der Waals surface area contributed by atoms with Crippen LogP contribution in [0.1, 0.15) is 50.1 Å². The number of likely N-dealkylation sites (tertiary alicyclic amines) is 2. The van der Waals surface area contributed by atoms with Crippen LogP contribution in [0.2, 0.25) is 0 Å². The molecule has 2 saturated heterocycles. The van der Waals surface area contributed by atoms with E-state index in [1.165, 1.54) is 30.5 Å². The van der Waals surface area contributed by atoms with Crippen molar-refractivity contribution < 1.29 is 9.18 Å². The molecule has 120 valence electrons. The van der Waals surface area contributed by atoms with Crippen LogP contribution in [0.3, 0.4) is 0 Å². The van der Waals surface area contributed by atoms with E-state index in [-0.39, 0.29) is 5.82 Å². The topological polar surface area (TPSA) is 23.6 Å². The van der Waals surface area contributed by atoms with Crippen molar-refractivity contribution in [1.82, 2.24) is 9.80 Å². The Bertz CT molecular complexity index is 496. The molecule has 1 amide bonds. The highest BCUT2D eigenvalue weighted by atomic mass is 19.1. The van der Waals surface area contributed by atoms with Gasteiger partial charge in [0.1, 0.15) is 5.82 Å². The Morgan fingerprint density at radius 2 is 1.73 bits per heavy atom. The highest BCUT2D eigenvalue weighted by Crippen LogP contribution is 2.31. The van der Waals surface area contributed by atoms with Crippen LogP contribution in [0.5, 0.6) is 0 Å². The summed E-state index contributed by atoms with van der Waals surface area (Å²) in [6.07, 6.45) is 6.40. The number of carbonyl (C=O) groups excluding carboxylic acids is 1. The van der Waals surface area contributed by atoms with Gasteiger partial charge in [-0.15, -0.1) is 0 Å². The van der Waals surface area contributed by atoms with Crippen LogP contribution in [0.15, 0.2) is 24.3 Å². The molecular weight excluding hydrogens is 279 g/mol. The van der Waals surface area contributed by atoms with Gasteiger partial charge in [-0.1, -0.05) is 18.6 Å². The molecule has 2 aliphatic rings. The first-order valence-electron chi connectivity index (χ1n) is 8.51. The molecule has 4 heteroatoms. The maximum Gasteiger partial charge on any atom is 0.223 e. The van der Waals surface area contributed by atoms with Crippen molar-refractivity contribution in [2.75, 3.05) is 26.2 Å². The molecule has 0 aliphatic carbocycles. The third kappa shape index (κ3) is 3.67. The minimum Gasteiger partial charge on any atom is -0.343 e. The first kappa shape index (κ1) is 15.5. The second-order valence-electron chi connectivity index (χ2n) is 6.44. The lowest BCUT2D eigenvalue weighted by molar-refractivity contribution is -0.130. The fraction of sp³-hybridized carbons (Fsp3) is 0.611. The van der Waals surface area contributed by atoms with E-state index in [2.05, 4.69) is 4.90 Å². The number of carbonyl (C=O) groups is 1. The fourth-order valence-electron chi connectivity index (χ4n) is 3.68. The number of amides is 1. The maximum atomic E-state index is 13.1. The van der Waals surface area contributed by atoms with Crippen LogP contribution in [-0.4, -0.2) is 41.9 Å². The number of rotatable bonds is 4. The quantitative estimate of drug-likeness (QED) is 0.851. The lowest BCUT2D eigenvalue weighted by Crippen LogP contribution is -2.37. The summed E-state index contributed by atoms with van der Waals surface area (Å²) in [4.78, 5) is 16.6. The first-order valence-corrected chi connectivity index (χ1v) is 8.51. The third-order valence-electron chi connectivity index (χ3n) is 4.94. The number of piperidine rings is 1. The summed E-state index contributed by atoms with van der Waals surface area (Å²) in [7, 11) is 0. The molecule has 1 aromatic carbocycles. The van der Waals surface area contributed by atoms with Gasteiger partial charge in [-0.05, 0) is 49.9 Å². The zero-order valence-corrected chi connectivity index (χ0v) is 13.1. The van der Waals surface area contributed by atoms with E-state index in [1.807, 2.05) is 17.0 Å². The van der Waals surface area contributed by atoms with Crippen LogP contribution < -0.4 is 0 Å². The summed E-state index contributed by atoms with van der Waals surface area (Å²) in [6.45, 7) is 3.72. The lowest BCUT2D eigenvalue weighted by Gasteiger charge is -2.36. The molecule has 1 aromatic rings. The second-order valence-corrected chi connectivity index (χ2v) is 6.44. The molecule has 22 heavy (non-hydrogen) atoms. The molecule has 3 nitrogen and oxygen atoms in total. The van der Waals surface area contributed by atoms with Crippen molar-refractivity contribution in [3.8, 4) is 0 Å². The van der Waals surface area contributed by atoms with E-state index in [0.717, 1.165) is 45.4 Å². The summed E-state index contributed by atoms with van der Waals surface area (Å²) < 4.78 is 13.1. The predicted molar refractivity (Wildman–Crippen MR) is 85.0 cm³/mol. The Balaban J connectivity index is 1.60. The molecule has 2 heterocycles. The molecule has 3 rings (SSSR count). The van der Waals surface area contributed by atoms with E-state index in [0.29, 0.717) is 18.4 Å². The van der Waals surface area contributed by atoms with Crippen molar-refractivity contribution in [2.24, 2.45) is 0 Å². The SMILES string of the molecule is O=C(CCN1CCCCC1c1ccc(F)cc1)N1CCCC1. The minimum atomic E-state index is -0.185. The summed E-state index contributed by atoms with van der Waals surface area (Å²) in [5.41, 5.74) is 1.18. The highest BCUT2D eigenvalue weighted by Gasteiger charge is 2.25. The predicted octanol–water partition coefficient (Wildman–Crippen LogP) is 3.37. The van der Waals surface area contributed by atoms with E-state index in [1.54, 1.807) is 0 Å². The minimum absolute atomic E-state index is 0.185. The molecule has 0 aromatic heterocycles.